The molecule has 0 aliphatic rings. The minimum Gasteiger partial charge on any atom is -0.462 e. The molecular weight excluding hydrogens is 202 g/mol. The van der Waals surface area contributed by atoms with Crippen LogP contribution in [-0.4, -0.2) is 19.6 Å². The molecule has 0 aliphatic carbocycles. The van der Waals surface area contributed by atoms with Gasteiger partial charge in [-0.05, 0) is 25.1 Å². The van der Waals surface area contributed by atoms with Crippen molar-refractivity contribution in [3.8, 4) is 0 Å². The molecule has 0 aliphatic heterocycles. The number of anilines is 1. The third-order valence-electron chi connectivity index (χ3n) is 1.75. The van der Waals surface area contributed by atoms with E-state index in [0.717, 1.165) is 0 Å². The first kappa shape index (κ1) is 10.9. The first-order valence-corrected chi connectivity index (χ1v) is 4.71. The highest BCUT2D eigenvalue weighted by Gasteiger charge is 2.11. The third kappa shape index (κ3) is 2.39. The Kier molecular flexibility index (Phi) is 3.77. The summed E-state index contributed by atoms with van der Waals surface area (Å²) >= 11 is 5.78. The van der Waals surface area contributed by atoms with E-state index in [1.807, 2.05) is 0 Å². The predicted molar refractivity (Wildman–Crippen MR) is 57.0 cm³/mol. The second-order valence-corrected chi connectivity index (χ2v) is 3.10. The lowest BCUT2D eigenvalue weighted by Crippen LogP contribution is -2.07. The van der Waals surface area contributed by atoms with Crippen LogP contribution in [0.2, 0.25) is 5.02 Å². The molecule has 1 N–H and O–H groups in total. The van der Waals surface area contributed by atoms with Gasteiger partial charge < -0.3 is 10.1 Å². The zero-order chi connectivity index (χ0) is 10.6. The van der Waals surface area contributed by atoms with Crippen molar-refractivity contribution in [2.24, 2.45) is 0 Å². The zero-order valence-corrected chi connectivity index (χ0v) is 8.89. The van der Waals surface area contributed by atoms with E-state index < -0.39 is 0 Å². The number of hydrogen-bond acceptors (Lipinski definition) is 3. The van der Waals surface area contributed by atoms with Gasteiger partial charge in [-0.3, -0.25) is 0 Å². The SMILES string of the molecule is CCOC(=O)c1cc(Cl)ccc1NC. The highest BCUT2D eigenvalue weighted by Crippen LogP contribution is 2.20. The van der Waals surface area contributed by atoms with Crippen LogP contribution < -0.4 is 5.32 Å². The highest BCUT2D eigenvalue weighted by atomic mass is 35.5. The van der Waals surface area contributed by atoms with Crippen molar-refractivity contribution >= 4 is 23.3 Å². The van der Waals surface area contributed by atoms with Crippen LogP contribution in [0.1, 0.15) is 17.3 Å². The Balaban J connectivity index is 3.03. The van der Waals surface area contributed by atoms with Crippen molar-refractivity contribution in [2.75, 3.05) is 19.0 Å². The molecule has 0 fully saturated rings. The van der Waals surface area contributed by atoms with Gasteiger partial charge in [0.15, 0.2) is 0 Å². The van der Waals surface area contributed by atoms with Crippen LogP contribution in [0.5, 0.6) is 0 Å². The molecule has 0 radical (unpaired) electrons. The monoisotopic (exact) mass is 213 g/mol. The van der Waals surface area contributed by atoms with Gasteiger partial charge in [0.25, 0.3) is 0 Å². The fourth-order valence-electron chi connectivity index (χ4n) is 1.11. The molecule has 4 heteroatoms. The van der Waals surface area contributed by atoms with Crippen LogP contribution in [-0.2, 0) is 4.74 Å². The van der Waals surface area contributed by atoms with E-state index >= 15 is 0 Å². The fraction of sp³-hybridized carbons (Fsp3) is 0.300. The lowest BCUT2D eigenvalue weighted by molar-refractivity contribution is 0.0527. The van der Waals surface area contributed by atoms with Crippen molar-refractivity contribution in [2.45, 2.75) is 6.92 Å². The summed E-state index contributed by atoms with van der Waals surface area (Å²) in [4.78, 5) is 11.5. The average molecular weight is 214 g/mol. The molecule has 0 bridgehead atoms. The van der Waals surface area contributed by atoms with E-state index in [2.05, 4.69) is 5.32 Å². The molecule has 3 nitrogen and oxygen atoms in total. The Morgan fingerprint density at radius 3 is 2.86 bits per heavy atom. The summed E-state index contributed by atoms with van der Waals surface area (Å²) < 4.78 is 4.89. The molecule has 0 aromatic heterocycles. The molecule has 1 aromatic rings. The molecule has 0 unspecified atom stereocenters. The molecule has 0 amide bonds. The second-order valence-electron chi connectivity index (χ2n) is 2.66. The van der Waals surface area contributed by atoms with Crippen LogP contribution in [0.25, 0.3) is 0 Å². The topological polar surface area (TPSA) is 38.3 Å². The summed E-state index contributed by atoms with van der Waals surface area (Å²) in [5.74, 6) is -0.362. The summed E-state index contributed by atoms with van der Waals surface area (Å²) in [5, 5.41) is 3.42. The summed E-state index contributed by atoms with van der Waals surface area (Å²) in [6.07, 6.45) is 0. The largest absolute Gasteiger partial charge is 0.462 e. The van der Waals surface area contributed by atoms with Crippen molar-refractivity contribution in [3.63, 3.8) is 0 Å². The number of halogens is 1. The van der Waals surface area contributed by atoms with Crippen LogP contribution in [0, 0.1) is 0 Å². The summed E-state index contributed by atoms with van der Waals surface area (Å²) in [6, 6.07) is 5.05. The average Bonchev–Trinajstić information content (AvgIpc) is 2.18. The smallest absolute Gasteiger partial charge is 0.340 e. The van der Waals surface area contributed by atoms with E-state index in [1.54, 1.807) is 32.2 Å². The van der Waals surface area contributed by atoms with Gasteiger partial charge in [-0.1, -0.05) is 11.6 Å². The number of carbonyl (C=O) groups excluding carboxylic acids is 1. The molecule has 0 spiro atoms. The predicted octanol–water partition coefficient (Wildman–Crippen LogP) is 2.56. The maximum absolute atomic E-state index is 11.5. The van der Waals surface area contributed by atoms with Crippen molar-refractivity contribution in [1.82, 2.24) is 0 Å². The van der Waals surface area contributed by atoms with Crippen LogP contribution in [0.15, 0.2) is 18.2 Å². The van der Waals surface area contributed by atoms with Crippen LogP contribution in [0.4, 0.5) is 5.69 Å². The lowest BCUT2D eigenvalue weighted by atomic mass is 10.2. The molecule has 0 heterocycles. The Morgan fingerprint density at radius 2 is 2.29 bits per heavy atom. The van der Waals surface area contributed by atoms with Gasteiger partial charge in [-0.25, -0.2) is 4.79 Å². The van der Waals surface area contributed by atoms with Gasteiger partial charge in [-0.15, -0.1) is 0 Å². The maximum atomic E-state index is 11.5. The number of benzene rings is 1. The summed E-state index contributed by atoms with van der Waals surface area (Å²) in [6.45, 7) is 2.12. The van der Waals surface area contributed by atoms with Gasteiger partial charge in [-0.2, -0.15) is 0 Å². The Labute approximate surface area is 88.0 Å². The molecule has 14 heavy (non-hydrogen) atoms. The van der Waals surface area contributed by atoms with E-state index in [4.69, 9.17) is 16.3 Å². The first-order chi connectivity index (χ1) is 6.69. The quantitative estimate of drug-likeness (QED) is 0.785. The number of carbonyl (C=O) groups is 1. The number of ether oxygens (including phenoxy) is 1. The molecule has 0 saturated carbocycles. The zero-order valence-electron chi connectivity index (χ0n) is 8.13. The molecule has 76 valence electrons. The normalized spacial score (nSPS) is 9.64. The van der Waals surface area contributed by atoms with E-state index in [9.17, 15) is 4.79 Å². The molecular formula is C10H12ClNO2. The fourth-order valence-corrected chi connectivity index (χ4v) is 1.28. The van der Waals surface area contributed by atoms with Crippen LogP contribution >= 0.6 is 11.6 Å². The van der Waals surface area contributed by atoms with E-state index in [0.29, 0.717) is 22.9 Å². The van der Waals surface area contributed by atoms with Crippen molar-refractivity contribution < 1.29 is 9.53 Å². The molecule has 1 rings (SSSR count). The van der Waals surface area contributed by atoms with E-state index in [-0.39, 0.29) is 5.97 Å². The van der Waals surface area contributed by atoms with Gasteiger partial charge in [0.05, 0.1) is 12.2 Å². The number of esters is 1. The third-order valence-corrected chi connectivity index (χ3v) is 1.98. The summed E-state index contributed by atoms with van der Waals surface area (Å²) in [5.41, 5.74) is 1.18. The minimum atomic E-state index is -0.362. The van der Waals surface area contributed by atoms with Crippen LogP contribution in [0.3, 0.4) is 0 Å². The van der Waals surface area contributed by atoms with Gasteiger partial charge in [0.2, 0.25) is 0 Å². The van der Waals surface area contributed by atoms with E-state index in [1.165, 1.54) is 0 Å². The second kappa shape index (κ2) is 4.86. The van der Waals surface area contributed by atoms with Crippen molar-refractivity contribution in [1.29, 1.82) is 0 Å². The Morgan fingerprint density at radius 1 is 1.57 bits per heavy atom. The minimum absolute atomic E-state index is 0.356. The lowest BCUT2D eigenvalue weighted by Gasteiger charge is -2.08. The Hall–Kier alpha value is -1.22. The standard InChI is InChI=1S/C10H12ClNO2/c1-3-14-10(13)8-6-7(11)4-5-9(8)12-2/h4-6,12H,3H2,1-2H3. The Bertz CT molecular complexity index is 339. The van der Waals surface area contributed by atoms with Crippen molar-refractivity contribution in [3.05, 3.63) is 28.8 Å². The van der Waals surface area contributed by atoms with Gasteiger partial charge in [0.1, 0.15) is 0 Å². The number of hydrogen-bond donors (Lipinski definition) is 1. The first-order valence-electron chi connectivity index (χ1n) is 4.33. The highest BCUT2D eigenvalue weighted by molar-refractivity contribution is 6.31. The van der Waals surface area contributed by atoms with Gasteiger partial charge >= 0.3 is 5.97 Å². The van der Waals surface area contributed by atoms with Gasteiger partial charge in [0, 0.05) is 17.8 Å². The number of rotatable bonds is 3. The summed E-state index contributed by atoms with van der Waals surface area (Å²) in [7, 11) is 1.74. The maximum Gasteiger partial charge on any atom is 0.340 e. The number of nitrogens with one attached hydrogen (secondary N) is 1. The molecule has 0 saturated heterocycles. The molecule has 1 aromatic carbocycles. The molecule has 0 atom stereocenters.